The van der Waals surface area contributed by atoms with Gasteiger partial charge in [-0.1, -0.05) is 13.3 Å². The smallest absolute Gasteiger partial charge is 0.0980 e. The Labute approximate surface area is 69.8 Å². The molecule has 0 saturated heterocycles. The second-order valence-corrected chi connectivity index (χ2v) is 3.74. The van der Waals surface area contributed by atoms with Crippen LogP contribution in [-0.2, 0) is 9.78 Å². The molecule has 0 aliphatic rings. The fraction of sp³-hybridized carbons (Fsp3) is 1.00. The molecule has 68 valence electrons. The number of hydrogen-bond acceptors (Lipinski definition) is 2. The van der Waals surface area contributed by atoms with Crippen molar-refractivity contribution in [2.24, 2.45) is 0 Å². The standard InChI is InChI=1S/C9H20O2/c1-6-7-9(4,5)11-10-8(2)3/h8H,6-7H2,1-5H3. The lowest BCUT2D eigenvalue weighted by atomic mass is 10.0. The van der Waals surface area contributed by atoms with Crippen LogP contribution in [0.25, 0.3) is 0 Å². The zero-order chi connectivity index (χ0) is 8.91. The lowest BCUT2D eigenvalue weighted by Crippen LogP contribution is -2.25. The Balaban J connectivity index is 3.54. The van der Waals surface area contributed by atoms with Crippen molar-refractivity contribution in [2.75, 3.05) is 0 Å². The molecule has 11 heavy (non-hydrogen) atoms. The zero-order valence-corrected chi connectivity index (χ0v) is 8.31. The fourth-order valence-corrected chi connectivity index (χ4v) is 0.870. The summed E-state index contributed by atoms with van der Waals surface area (Å²) in [5.74, 6) is 0. The average molecular weight is 160 g/mol. The van der Waals surface area contributed by atoms with Crippen molar-refractivity contribution in [1.29, 1.82) is 0 Å². The maximum absolute atomic E-state index is 5.23. The van der Waals surface area contributed by atoms with Crippen LogP contribution in [0.4, 0.5) is 0 Å². The Hall–Kier alpha value is -0.0800. The van der Waals surface area contributed by atoms with Crippen molar-refractivity contribution < 1.29 is 9.78 Å². The second-order valence-electron chi connectivity index (χ2n) is 3.74. The van der Waals surface area contributed by atoms with Gasteiger partial charge in [-0.15, -0.1) is 0 Å². The summed E-state index contributed by atoms with van der Waals surface area (Å²) < 4.78 is 0. The fourth-order valence-electron chi connectivity index (χ4n) is 0.870. The first-order valence-electron chi connectivity index (χ1n) is 4.32. The predicted octanol–water partition coefficient (Wildman–Crippen LogP) is 2.92. The SMILES string of the molecule is CCCC(C)(C)OOC(C)C. The van der Waals surface area contributed by atoms with Gasteiger partial charge >= 0.3 is 0 Å². The highest BCUT2D eigenvalue weighted by Crippen LogP contribution is 2.17. The van der Waals surface area contributed by atoms with E-state index in [0.717, 1.165) is 12.8 Å². The third-order valence-electron chi connectivity index (χ3n) is 1.32. The highest BCUT2D eigenvalue weighted by atomic mass is 17.2. The van der Waals surface area contributed by atoms with E-state index in [1.54, 1.807) is 0 Å². The van der Waals surface area contributed by atoms with Gasteiger partial charge in [0.25, 0.3) is 0 Å². The molecule has 0 spiro atoms. The minimum absolute atomic E-state index is 0.140. The maximum atomic E-state index is 5.23. The predicted molar refractivity (Wildman–Crippen MR) is 46.3 cm³/mol. The van der Waals surface area contributed by atoms with Crippen molar-refractivity contribution in [2.45, 2.75) is 59.2 Å². The van der Waals surface area contributed by atoms with Crippen LogP contribution >= 0.6 is 0 Å². The van der Waals surface area contributed by atoms with Crippen LogP contribution in [0.2, 0.25) is 0 Å². The topological polar surface area (TPSA) is 18.5 Å². The molecule has 0 rings (SSSR count). The molecule has 0 fully saturated rings. The van der Waals surface area contributed by atoms with E-state index in [4.69, 9.17) is 9.78 Å². The van der Waals surface area contributed by atoms with E-state index >= 15 is 0 Å². The van der Waals surface area contributed by atoms with Crippen LogP contribution in [-0.4, -0.2) is 11.7 Å². The zero-order valence-electron chi connectivity index (χ0n) is 8.31. The van der Waals surface area contributed by atoms with Gasteiger partial charge in [0, 0.05) is 0 Å². The lowest BCUT2D eigenvalue weighted by molar-refractivity contribution is -0.372. The Morgan fingerprint density at radius 3 is 2.18 bits per heavy atom. The molecule has 0 amide bonds. The Morgan fingerprint density at radius 1 is 1.27 bits per heavy atom. The third kappa shape index (κ3) is 6.32. The van der Waals surface area contributed by atoms with E-state index in [1.807, 2.05) is 27.7 Å². The second kappa shape index (κ2) is 4.73. The molecule has 0 heterocycles. The quantitative estimate of drug-likeness (QED) is 0.455. The minimum Gasteiger partial charge on any atom is -0.233 e. The molecule has 0 aromatic carbocycles. The molecule has 2 nitrogen and oxygen atoms in total. The highest BCUT2D eigenvalue weighted by molar-refractivity contribution is 4.64. The van der Waals surface area contributed by atoms with Crippen LogP contribution in [0.3, 0.4) is 0 Å². The van der Waals surface area contributed by atoms with Gasteiger partial charge in [0.15, 0.2) is 0 Å². The largest absolute Gasteiger partial charge is 0.233 e. The summed E-state index contributed by atoms with van der Waals surface area (Å²) in [6, 6.07) is 0. The van der Waals surface area contributed by atoms with Crippen LogP contribution in [0.15, 0.2) is 0 Å². The van der Waals surface area contributed by atoms with Gasteiger partial charge in [-0.3, -0.25) is 0 Å². The molecule has 0 aliphatic heterocycles. The number of hydrogen-bond donors (Lipinski definition) is 0. The van der Waals surface area contributed by atoms with E-state index in [1.165, 1.54) is 0 Å². The van der Waals surface area contributed by atoms with E-state index in [0.29, 0.717) is 0 Å². The molecule has 0 N–H and O–H groups in total. The van der Waals surface area contributed by atoms with Crippen molar-refractivity contribution in [3.05, 3.63) is 0 Å². The molecular weight excluding hydrogens is 140 g/mol. The third-order valence-corrected chi connectivity index (χ3v) is 1.32. The average Bonchev–Trinajstić information content (AvgIpc) is 1.84. The lowest BCUT2D eigenvalue weighted by Gasteiger charge is -2.23. The van der Waals surface area contributed by atoms with Crippen molar-refractivity contribution in [3.63, 3.8) is 0 Å². The van der Waals surface area contributed by atoms with E-state index in [9.17, 15) is 0 Å². The molecule has 0 unspecified atom stereocenters. The molecule has 0 atom stereocenters. The summed E-state index contributed by atoms with van der Waals surface area (Å²) in [5.41, 5.74) is -0.140. The van der Waals surface area contributed by atoms with Crippen LogP contribution in [0, 0.1) is 0 Å². The Kier molecular flexibility index (Phi) is 4.69. The molecule has 0 aliphatic carbocycles. The van der Waals surface area contributed by atoms with Gasteiger partial charge in [0.1, 0.15) is 0 Å². The Morgan fingerprint density at radius 2 is 1.82 bits per heavy atom. The summed E-state index contributed by atoms with van der Waals surface area (Å²) in [7, 11) is 0. The summed E-state index contributed by atoms with van der Waals surface area (Å²) >= 11 is 0. The summed E-state index contributed by atoms with van der Waals surface area (Å²) in [5, 5.41) is 0. The first-order chi connectivity index (χ1) is 4.98. The van der Waals surface area contributed by atoms with Crippen molar-refractivity contribution in [1.82, 2.24) is 0 Å². The van der Waals surface area contributed by atoms with Crippen molar-refractivity contribution in [3.8, 4) is 0 Å². The first-order valence-corrected chi connectivity index (χ1v) is 4.32. The van der Waals surface area contributed by atoms with Gasteiger partial charge < -0.3 is 0 Å². The monoisotopic (exact) mass is 160 g/mol. The van der Waals surface area contributed by atoms with Crippen LogP contribution in [0.1, 0.15) is 47.5 Å². The molecule has 0 bridgehead atoms. The van der Waals surface area contributed by atoms with Gasteiger partial charge in [0.2, 0.25) is 0 Å². The van der Waals surface area contributed by atoms with Gasteiger partial charge in [-0.05, 0) is 34.1 Å². The van der Waals surface area contributed by atoms with Crippen LogP contribution < -0.4 is 0 Å². The van der Waals surface area contributed by atoms with E-state index < -0.39 is 0 Å². The highest BCUT2D eigenvalue weighted by Gasteiger charge is 2.18. The molecular formula is C9H20O2. The summed E-state index contributed by atoms with van der Waals surface area (Å²) in [6.07, 6.45) is 2.29. The van der Waals surface area contributed by atoms with E-state index in [2.05, 4.69) is 6.92 Å². The van der Waals surface area contributed by atoms with Gasteiger partial charge in [-0.25, -0.2) is 9.78 Å². The van der Waals surface area contributed by atoms with Gasteiger partial charge in [0.05, 0.1) is 11.7 Å². The first kappa shape index (κ1) is 10.9. The summed E-state index contributed by atoms with van der Waals surface area (Å²) in [6.45, 7) is 10.1. The molecule has 0 saturated carbocycles. The minimum atomic E-state index is -0.140. The number of rotatable bonds is 5. The molecule has 0 radical (unpaired) electrons. The van der Waals surface area contributed by atoms with Crippen molar-refractivity contribution >= 4 is 0 Å². The Bertz CT molecular complexity index is 97.7. The normalized spacial score (nSPS) is 12.5. The summed E-state index contributed by atoms with van der Waals surface area (Å²) in [4.78, 5) is 10.3. The van der Waals surface area contributed by atoms with Crippen LogP contribution in [0.5, 0.6) is 0 Å². The maximum Gasteiger partial charge on any atom is 0.0980 e. The molecule has 2 heteroatoms. The molecule has 0 aromatic rings. The molecule has 0 aromatic heterocycles. The van der Waals surface area contributed by atoms with E-state index in [-0.39, 0.29) is 11.7 Å². The van der Waals surface area contributed by atoms with Gasteiger partial charge in [-0.2, -0.15) is 0 Å².